The highest BCUT2D eigenvalue weighted by molar-refractivity contribution is 4.83. The van der Waals surface area contributed by atoms with Crippen molar-refractivity contribution < 1.29 is 4.74 Å². The first kappa shape index (κ1) is 16.8. The van der Waals surface area contributed by atoms with Crippen LogP contribution in [0.3, 0.4) is 0 Å². The van der Waals surface area contributed by atoms with Crippen molar-refractivity contribution in [2.45, 2.75) is 89.8 Å². The molecule has 0 amide bonds. The number of ether oxygens (including phenoxy) is 1. The SMILES string of the molecule is CCCC1CC(OC2CCC(CC3CCN(C)CC3)CC2)C1. The smallest absolute Gasteiger partial charge is 0.0584 e. The number of hydrogen-bond acceptors (Lipinski definition) is 2. The normalized spacial score (nSPS) is 37.9. The molecule has 3 fully saturated rings. The van der Waals surface area contributed by atoms with Crippen molar-refractivity contribution in [3.05, 3.63) is 0 Å². The van der Waals surface area contributed by atoms with E-state index in [0.717, 1.165) is 17.8 Å². The Kier molecular flexibility index (Phi) is 6.21. The van der Waals surface area contributed by atoms with Gasteiger partial charge < -0.3 is 9.64 Å². The standard InChI is InChI=1S/C20H37NO/c1-3-4-18-14-20(15-18)22-19-7-5-16(6-8-19)13-17-9-11-21(2)12-10-17/h16-20H,3-15H2,1-2H3. The van der Waals surface area contributed by atoms with Crippen LogP contribution in [0.5, 0.6) is 0 Å². The minimum atomic E-state index is 0.598. The molecule has 0 atom stereocenters. The third-order valence-corrected chi connectivity index (χ3v) is 6.57. The van der Waals surface area contributed by atoms with Crippen LogP contribution in [-0.4, -0.2) is 37.2 Å². The summed E-state index contributed by atoms with van der Waals surface area (Å²) in [6, 6.07) is 0. The van der Waals surface area contributed by atoms with Crippen molar-refractivity contribution in [3.8, 4) is 0 Å². The molecule has 0 N–H and O–H groups in total. The summed E-state index contributed by atoms with van der Waals surface area (Å²) in [6.07, 6.45) is 16.6. The van der Waals surface area contributed by atoms with Crippen LogP contribution >= 0.6 is 0 Å². The summed E-state index contributed by atoms with van der Waals surface area (Å²) < 4.78 is 6.35. The summed E-state index contributed by atoms with van der Waals surface area (Å²) in [7, 11) is 2.27. The Bertz CT molecular complexity index is 310. The number of piperidine rings is 1. The Hall–Kier alpha value is -0.0800. The highest BCUT2D eigenvalue weighted by Crippen LogP contribution is 2.38. The summed E-state index contributed by atoms with van der Waals surface area (Å²) in [5, 5.41) is 0. The van der Waals surface area contributed by atoms with Crippen LogP contribution in [0, 0.1) is 17.8 Å². The van der Waals surface area contributed by atoms with Gasteiger partial charge in [-0.15, -0.1) is 0 Å². The first-order valence-corrected chi connectivity index (χ1v) is 10.1. The fraction of sp³-hybridized carbons (Fsp3) is 1.00. The number of likely N-dealkylation sites (tertiary alicyclic amines) is 1. The number of hydrogen-bond donors (Lipinski definition) is 0. The molecule has 0 spiro atoms. The average Bonchev–Trinajstić information content (AvgIpc) is 2.49. The van der Waals surface area contributed by atoms with Gasteiger partial charge in [0.2, 0.25) is 0 Å². The zero-order valence-electron chi connectivity index (χ0n) is 14.9. The minimum absolute atomic E-state index is 0.598. The summed E-state index contributed by atoms with van der Waals surface area (Å²) in [6.45, 7) is 4.95. The van der Waals surface area contributed by atoms with Gasteiger partial charge in [0.1, 0.15) is 0 Å². The molecule has 3 rings (SSSR count). The van der Waals surface area contributed by atoms with Crippen molar-refractivity contribution in [2.75, 3.05) is 20.1 Å². The summed E-state index contributed by atoms with van der Waals surface area (Å²) in [5.41, 5.74) is 0. The van der Waals surface area contributed by atoms with E-state index in [4.69, 9.17) is 4.74 Å². The Labute approximate surface area is 138 Å². The van der Waals surface area contributed by atoms with Gasteiger partial charge in [-0.2, -0.15) is 0 Å². The molecule has 0 aromatic rings. The van der Waals surface area contributed by atoms with Gasteiger partial charge in [0.05, 0.1) is 12.2 Å². The lowest BCUT2D eigenvalue weighted by molar-refractivity contribution is -0.0927. The van der Waals surface area contributed by atoms with E-state index in [2.05, 4.69) is 18.9 Å². The van der Waals surface area contributed by atoms with Crippen LogP contribution in [-0.2, 0) is 4.74 Å². The molecule has 22 heavy (non-hydrogen) atoms. The molecule has 2 saturated carbocycles. The second-order valence-corrected chi connectivity index (χ2v) is 8.51. The Morgan fingerprint density at radius 1 is 0.818 bits per heavy atom. The number of nitrogens with zero attached hydrogens (tertiary/aromatic N) is 1. The molecule has 3 aliphatic rings. The van der Waals surface area contributed by atoms with Gasteiger partial charge in [0.25, 0.3) is 0 Å². The first-order valence-electron chi connectivity index (χ1n) is 10.1. The monoisotopic (exact) mass is 307 g/mol. The molecule has 0 aromatic heterocycles. The predicted octanol–water partition coefficient (Wildman–Crippen LogP) is 4.87. The fourth-order valence-corrected chi connectivity index (χ4v) is 4.97. The molecule has 0 aromatic carbocycles. The van der Waals surface area contributed by atoms with Crippen LogP contribution < -0.4 is 0 Å². The lowest BCUT2D eigenvalue weighted by Gasteiger charge is -2.40. The average molecular weight is 308 g/mol. The lowest BCUT2D eigenvalue weighted by atomic mass is 9.77. The van der Waals surface area contributed by atoms with Crippen LogP contribution in [0.15, 0.2) is 0 Å². The van der Waals surface area contributed by atoms with Crippen molar-refractivity contribution in [3.63, 3.8) is 0 Å². The second-order valence-electron chi connectivity index (χ2n) is 8.51. The van der Waals surface area contributed by atoms with E-state index in [1.807, 2.05) is 0 Å². The molecule has 0 bridgehead atoms. The summed E-state index contributed by atoms with van der Waals surface area (Å²) >= 11 is 0. The van der Waals surface area contributed by atoms with Crippen LogP contribution in [0.1, 0.15) is 77.6 Å². The van der Waals surface area contributed by atoms with Gasteiger partial charge in [-0.3, -0.25) is 0 Å². The zero-order valence-corrected chi connectivity index (χ0v) is 14.9. The quantitative estimate of drug-likeness (QED) is 0.694. The van der Waals surface area contributed by atoms with E-state index in [1.54, 1.807) is 0 Å². The van der Waals surface area contributed by atoms with Crippen LogP contribution in [0.25, 0.3) is 0 Å². The fourth-order valence-electron chi connectivity index (χ4n) is 4.97. The maximum atomic E-state index is 6.35. The van der Waals surface area contributed by atoms with Crippen molar-refractivity contribution in [1.29, 1.82) is 0 Å². The largest absolute Gasteiger partial charge is 0.375 e. The van der Waals surface area contributed by atoms with Gasteiger partial charge in [-0.1, -0.05) is 19.8 Å². The van der Waals surface area contributed by atoms with E-state index >= 15 is 0 Å². The minimum Gasteiger partial charge on any atom is -0.375 e. The molecule has 2 aliphatic carbocycles. The van der Waals surface area contributed by atoms with E-state index < -0.39 is 0 Å². The molecule has 1 saturated heterocycles. The maximum Gasteiger partial charge on any atom is 0.0584 e. The van der Waals surface area contributed by atoms with Crippen LogP contribution in [0.4, 0.5) is 0 Å². The van der Waals surface area contributed by atoms with Gasteiger partial charge >= 0.3 is 0 Å². The van der Waals surface area contributed by atoms with Crippen molar-refractivity contribution in [1.82, 2.24) is 4.90 Å². The van der Waals surface area contributed by atoms with E-state index in [1.165, 1.54) is 83.7 Å². The van der Waals surface area contributed by atoms with E-state index in [-0.39, 0.29) is 0 Å². The topological polar surface area (TPSA) is 12.5 Å². The van der Waals surface area contributed by atoms with Gasteiger partial charge in [-0.05, 0) is 95.7 Å². The Morgan fingerprint density at radius 2 is 1.45 bits per heavy atom. The highest BCUT2D eigenvalue weighted by Gasteiger charge is 2.33. The van der Waals surface area contributed by atoms with Crippen molar-refractivity contribution in [2.24, 2.45) is 17.8 Å². The summed E-state index contributed by atoms with van der Waals surface area (Å²) in [4.78, 5) is 2.49. The molecule has 128 valence electrons. The highest BCUT2D eigenvalue weighted by atomic mass is 16.5. The third kappa shape index (κ3) is 4.71. The van der Waals surface area contributed by atoms with Gasteiger partial charge in [0, 0.05) is 0 Å². The molecule has 2 heteroatoms. The molecule has 0 unspecified atom stereocenters. The molecule has 2 nitrogen and oxygen atoms in total. The summed E-state index contributed by atoms with van der Waals surface area (Å²) in [5.74, 6) is 3.00. The zero-order chi connectivity index (χ0) is 15.4. The predicted molar refractivity (Wildman–Crippen MR) is 93.1 cm³/mol. The van der Waals surface area contributed by atoms with Crippen molar-refractivity contribution >= 4 is 0 Å². The van der Waals surface area contributed by atoms with Crippen LogP contribution in [0.2, 0.25) is 0 Å². The molecule has 1 heterocycles. The molecular formula is C20H37NO. The molecule has 0 radical (unpaired) electrons. The van der Waals surface area contributed by atoms with E-state index in [9.17, 15) is 0 Å². The molecular weight excluding hydrogens is 270 g/mol. The Balaban J connectivity index is 1.28. The lowest BCUT2D eigenvalue weighted by Crippen LogP contribution is -2.36. The third-order valence-electron chi connectivity index (χ3n) is 6.57. The molecule has 1 aliphatic heterocycles. The maximum absolute atomic E-state index is 6.35. The van der Waals surface area contributed by atoms with Gasteiger partial charge in [-0.25, -0.2) is 0 Å². The first-order chi connectivity index (χ1) is 10.7. The number of rotatable bonds is 6. The Morgan fingerprint density at radius 3 is 2.09 bits per heavy atom. The van der Waals surface area contributed by atoms with Gasteiger partial charge in [0.15, 0.2) is 0 Å². The van der Waals surface area contributed by atoms with E-state index in [0.29, 0.717) is 12.2 Å². The second kappa shape index (κ2) is 8.15.